The molecule has 2 heterocycles. The van der Waals surface area contributed by atoms with Crippen molar-refractivity contribution in [3.63, 3.8) is 0 Å². The van der Waals surface area contributed by atoms with Crippen molar-refractivity contribution in [1.29, 1.82) is 0 Å². The van der Waals surface area contributed by atoms with Crippen LogP contribution in [0.1, 0.15) is 43.4 Å². The summed E-state index contributed by atoms with van der Waals surface area (Å²) in [5.74, 6) is 0.229. The van der Waals surface area contributed by atoms with Crippen molar-refractivity contribution in [2.75, 3.05) is 39.3 Å². The highest BCUT2D eigenvalue weighted by Crippen LogP contribution is 2.31. The van der Waals surface area contributed by atoms with E-state index in [0.717, 1.165) is 56.6 Å². The highest BCUT2D eigenvalue weighted by Gasteiger charge is 2.32. The number of nitrogens with one attached hydrogen (secondary N) is 2. The molecule has 0 saturated carbocycles. The van der Waals surface area contributed by atoms with Crippen LogP contribution in [0.2, 0.25) is 0 Å². The van der Waals surface area contributed by atoms with Crippen LogP contribution in [0.3, 0.4) is 0 Å². The first kappa shape index (κ1) is 17.0. The van der Waals surface area contributed by atoms with Crippen LogP contribution in [-0.4, -0.2) is 71.1 Å². The highest BCUT2D eigenvalue weighted by molar-refractivity contribution is 5.84. The van der Waals surface area contributed by atoms with Crippen LogP contribution in [0.25, 0.3) is 0 Å². The fourth-order valence-corrected chi connectivity index (χ4v) is 3.74. The predicted molar refractivity (Wildman–Crippen MR) is 90.6 cm³/mol. The highest BCUT2D eigenvalue weighted by atomic mass is 16.2. The molecule has 1 aliphatic heterocycles. The van der Waals surface area contributed by atoms with E-state index in [-0.39, 0.29) is 17.7 Å². The molecule has 0 unspecified atom stereocenters. The van der Waals surface area contributed by atoms with E-state index in [1.807, 2.05) is 18.0 Å². The Morgan fingerprint density at radius 3 is 3.00 bits per heavy atom. The largest absolute Gasteiger partial charge is 0.355 e. The zero-order chi connectivity index (χ0) is 16.9. The van der Waals surface area contributed by atoms with Gasteiger partial charge < -0.3 is 10.2 Å². The fraction of sp³-hybridized carbons (Fsp3) is 0.706. The molecule has 1 aromatic heterocycles. The van der Waals surface area contributed by atoms with E-state index in [4.69, 9.17) is 0 Å². The third kappa shape index (κ3) is 3.77. The number of carbonyl (C=O) groups excluding carboxylic acids is 2. The Labute approximate surface area is 142 Å². The average Bonchev–Trinajstić information content (AvgIpc) is 2.94. The Hall–Kier alpha value is -1.89. The number of H-pyrrole nitrogens is 1. The number of aryl methyl sites for hydroxylation is 1. The van der Waals surface area contributed by atoms with Gasteiger partial charge in [-0.1, -0.05) is 0 Å². The van der Waals surface area contributed by atoms with Crippen molar-refractivity contribution in [1.82, 2.24) is 25.3 Å². The minimum Gasteiger partial charge on any atom is -0.355 e. The molecular formula is C17H27N5O2. The number of carbonyl (C=O) groups is 2. The van der Waals surface area contributed by atoms with Gasteiger partial charge in [-0.2, -0.15) is 5.10 Å². The Morgan fingerprint density at radius 1 is 1.29 bits per heavy atom. The van der Waals surface area contributed by atoms with E-state index < -0.39 is 0 Å². The third-order valence-corrected chi connectivity index (χ3v) is 4.99. The standard InChI is InChI=1S/C17H27N5O2/c1-2-18-16(23)12-21-7-4-8-22(10-9-21)17(24)13-5-3-6-15-14(13)11-19-20-15/h11,13H,2-10,12H2,1H3,(H,18,23)(H,19,20)/t13-/m0/s1. The van der Waals surface area contributed by atoms with Gasteiger partial charge in [0, 0.05) is 44.0 Å². The predicted octanol–water partition coefficient (Wildman–Crippen LogP) is 0.500. The van der Waals surface area contributed by atoms with Gasteiger partial charge in [-0.3, -0.25) is 19.6 Å². The molecular weight excluding hydrogens is 306 g/mol. The molecule has 0 radical (unpaired) electrons. The lowest BCUT2D eigenvalue weighted by atomic mass is 9.86. The first-order chi connectivity index (χ1) is 11.7. The summed E-state index contributed by atoms with van der Waals surface area (Å²) < 4.78 is 0. The molecule has 3 rings (SSSR count). The Balaban J connectivity index is 1.58. The van der Waals surface area contributed by atoms with Crippen LogP contribution in [0, 0.1) is 0 Å². The minimum atomic E-state index is -0.0533. The van der Waals surface area contributed by atoms with Crippen molar-refractivity contribution in [3.05, 3.63) is 17.5 Å². The molecule has 0 aromatic carbocycles. The van der Waals surface area contributed by atoms with E-state index in [0.29, 0.717) is 19.6 Å². The Kier molecular flexibility index (Phi) is 5.50. The summed E-state index contributed by atoms with van der Waals surface area (Å²) in [5, 5.41) is 9.97. The number of hydrogen-bond acceptors (Lipinski definition) is 4. The minimum absolute atomic E-state index is 0.0533. The van der Waals surface area contributed by atoms with Gasteiger partial charge in [0.25, 0.3) is 0 Å². The molecule has 7 nitrogen and oxygen atoms in total. The van der Waals surface area contributed by atoms with E-state index in [1.54, 1.807) is 0 Å². The lowest BCUT2D eigenvalue weighted by Gasteiger charge is -2.28. The van der Waals surface area contributed by atoms with E-state index >= 15 is 0 Å². The van der Waals surface area contributed by atoms with Gasteiger partial charge in [0.2, 0.25) is 11.8 Å². The van der Waals surface area contributed by atoms with Gasteiger partial charge in [-0.15, -0.1) is 0 Å². The van der Waals surface area contributed by atoms with Crippen LogP contribution in [0.4, 0.5) is 0 Å². The van der Waals surface area contributed by atoms with Crippen molar-refractivity contribution >= 4 is 11.8 Å². The zero-order valence-corrected chi connectivity index (χ0v) is 14.4. The zero-order valence-electron chi connectivity index (χ0n) is 14.4. The number of nitrogens with zero attached hydrogens (tertiary/aromatic N) is 3. The Bertz CT molecular complexity index is 585. The van der Waals surface area contributed by atoms with Crippen LogP contribution in [-0.2, 0) is 16.0 Å². The number of aromatic amines is 1. The van der Waals surface area contributed by atoms with Crippen LogP contribution < -0.4 is 5.32 Å². The molecule has 2 N–H and O–H groups in total. The lowest BCUT2D eigenvalue weighted by molar-refractivity contribution is -0.133. The van der Waals surface area contributed by atoms with Crippen molar-refractivity contribution in [2.24, 2.45) is 0 Å². The van der Waals surface area contributed by atoms with Gasteiger partial charge in [-0.05, 0) is 32.6 Å². The smallest absolute Gasteiger partial charge is 0.234 e. The molecule has 1 fully saturated rings. The number of rotatable bonds is 4. The maximum atomic E-state index is 13.0. The third-order valence-electron chi connectivity index (χ3n) is 4.99. The van der Waals surface area contributed by atoms with Crippen molar-refractivity contribution < 1.29 is 9.59 Å². The second-order valence-corrected chi connectivity index (χ2v) is 6.66. The number of fused-ring (bicyclic) bond motifs is 1. The summed E-state index contributed by atoms with van der Waals surface area (Å²) in [6.07, 6.45) is 5.65. The van der Waals surface area contributed by atoms with Crippen molar-refractivity contribution in [3.8, 4) is 0 Å². The molecule has 7 heteroatoms. The maximum absolute atomic E-state index is 13.0. The summed E-state index contributed by atoms with van der Waals surface area (Å²) in [7, 11) is 0. The number of amides is 2. The Morgan fingerprint density at radius 2 is 2.17 bits per heavy atom. The number of likely N-dealkylation sites (N-methyl/N-ethyl adjacent to an activating group) is 1. The molecule has 1 aliphatic carbocycles. The van der Waals surface area contributed by atoms with Crippen molar-refractivity contribution in [2.45, 2.75) is 38.5 Å². The molecule has 0 spiro atoms. The van der Waals surface area contributed by atoms with E-state index in [2.05, 4.69) is 20.4 Å². The first-order valence-corrected chi connectivity index (χ1v) is 8.99. The van der Waals surface area contributed by atoms with E-state index in [1.165, 1.54) is 0 Å². The molecule has 24 heavy (non-hydrogen) atoms. The molecule has 2 amide bonds. The van der Waals surface area contributed by atoms with Gasteiger partial charge >= 0.3 is 0 Å². The first-order valence-electron chi connectivity index (χ1n) is 8.99. The topological polar surface area (TPSA) is 81.3 Å². The average molecular weight is 333 g/mol. The van der Waals surface area contributed by atoms with Crippen LogP contribution in [0.15, 0.2) is 6.20 Å². The van der Waals surface area contributed by atoms with Gasteiger partial charge in [-0.25, -0.2) is 0 Å². The van der Waals surface area contributed by atoms with Crippen LogP contribution in [0.5, 0.6) is 0 Å². The molecule has 0 bridgehead atoms. The van der Waals surface area contributed by atoms with Crippen LogP contribution >= 0.6 is 0 Å². The summed E-state index contributed by atoms with van der Waals surface area (Å²) >= 11 is 0. The second kappa shape index (κ2) is 7.79. The summed E-state index contributed by atoms with van der Waals surface area (Å²) in [6.45, 7) is 6.10. The number of aromatic nitrogens is 2. The molecule has 1 atom stereocenters. The monoisotopic (exact) mass is 333 g/mol. The second-order valence-electron chi connectivity index (χ2n) is 6.66. The molecule has 1 aromatic rings. The van der Waals surface area contributed by atoms with Gasteiger partial charge in [0.1, 0.15) is 0 Å². The summed E-state index contributed by atoms with van der Waals surface area (Å²) in [6, 6.07) is 0. The molecule has 1 saturated heterocycles. The summed E-state index contributed by atoms with van der Waals surface area (Å²) in [4.78, 5) is 28.9. The molecule has 2 aliphatic rings. The lowest BCUT2D eigenvalue weighted by Crippen LogP contribution is -2.41. The quantitative estimate of drug-likeness (QED) is 0.841. The SMILES string of the molecule is CCNC(=O)CN1CCCN(C(=O)[C@H]2CCCc3[nH]ncc32)CC1. The van der Waals surface area contributed by atoms with Gasteiger partial charge in [0.15, 0.2) is 0 Å². The fourth-order valence-electron chi connectivity index (χ4n) is 3.74. The van der Waals surface area contributed by atoms with E-state index in [9.17, 15) is 9.59 Å². The summed E-state index contributed by atoms with van der Waals surface area (Å²) in [5.41, 5.74) is 2.20. The normalized spacial score (nSPS) is 21.9. The van der Waals surface area contributed by atoms with Gasteiger partial charge in [0.05, 0.1) is 18.7 Å². The number of hydrogen-bond donors (Lipinski definition) is 2. The molecule has 132 valence electrons. The maximum Gasteiger partial charge on any atom is 0.234 e.